The molecule has 0 aliphatic carbocycles. The van der Waals surface area contributed by atoms with E-state index in [0.717, 1.165) is 27.5 Å². The van der Waals surface area contributed by atoms with Crippen LogP contribution in [0.4, 0.5) is 13.2 Å². The molecule has 5 nitrogen and oxygen atoms in total. The fourth-order valence-electron chi connectivity index (χ4n) is 4.09. The molecule has 26 heavy (non-hydrogen) atoms. The van der Waals surface area contributed by atoms with Gasteiger partial charge in [-0.05, 0) is 25.0 Å². The van der Waals surface area contributed by atoms with Crippen molar-refractivity contribution in [2.24, 2.45) is 7.05 Å². The normalized spacial score (nSPS) is 32.0. The Balaban J connectivity index is 1.76. The Labute approximate surface area is 153 Å². The highest BCUT2D eigenvalue weighted by atomic mass is 32.1. The Bertz CT molecular complexity index is 817. The third-order valence-electron chi connectivity index (χ3n) is 5.23. The number of hydrogen-bond acceptors (Lipinski definition) is 5. The first kappa shape index (κ1) is 17.9. The van der Waals surface area contributed by atoms with Gasteiger partial charge in [0.1, 0.15) is 10.5 Å². The SMILES string of the molecule is CC1CO[C@@]2(C[C@@H](c3cn(C)nn3)N[C@@H](C)C2)c2sc(C(F)(F)F)cc21. The first-order valence-electron chi connectivity index (χ1n) is 8.65. The van der Waals surface area contributed by atoms with Gasteiger partial charge in [-0.2, -0.15) is 13.2 Å². The largest absolute Gasteiger partial charge is 0.425 e. The molecule has 9 heteroatoms. The minimum atomic E-state index is -4.33. The lowest BCUT2D eigenvalue weighted by atomic mass is 9.77. The van der Waals surface area contributed by atoms with Crippen LogP contribution in [0.5, 0.6) is 0 Å². The summed E-state index contributed by atoms with van der Waals surface area (Å²) in [6.07, 6.45) is -1.30. The van der Waals surface area contributed by atoms with Crippen molar-refractivity contribution in [3.63, 3.8) is 0 Å². The molecule has 0 bridgehead atoms. The van der Waals surface area contributed by atoms with Gasteiger partial charge in [0.05, 0.1) is 18.3 Å². The average molecular weight is 386 g/mol. The van der Waals surface area contributed by atoms with Gasteiger partial charge in [0.2, 0.25) is 0 Å². The third-order valence-corrected chi connectivity index (χ3v) is 6.61. The molecule has 1 unspecified atom stereocenters. The summed E-state index contributed by atoms with van der Waals surface area (Å²) < 4.78 is 47.8. The van der Waals surface area contributed by atoms with Crippen LogP contribution in [0.15, 0.2) is 12.3 Å². The molecule has 1 N–H and O–H groups in total. The predicted octanol–water partition coefficient (Wildman–Crippen LogP) is 3.74. The van der Waals surface area contributed by atoms with Crippen LogP contribution in [0.1, 0.15) is 59.7 Å². The molecule has 0 radical (unpaired) electrons. The summed E-state index contributed by atoms with van der Waals surface area (Å²) in [5.41, 5.74) is 0.860. The van der Waals surface area contributed by atoms with E-state index >= 15 is 0 Å². The van der Waals surface area contributed by atoms with Gasteiger partial charge >= 0.3 is 6.18 Å². The van der Waals surface area contributed by atoms with Crippen molar-refractivity contribution in [1.82, 2.24) is 20.3 Å². The van der Waals surface area contributed by atoms with E-state index in [0.29, 0.717) is 19.4 Å². The van der Waals surface area contributed by atoms with Crippen LogP contribution >= 0.6 is 11.3 Å². The summed E-state index contributed by atoms with van der Waals surface area (Å²) >= 11 is 0.837. The molecule has 1 fully saturated rings. The van der Waals surface area contributed by atoms with E-state index in [9.17, 15) is 13.2 Å². The molecule has 0 aromatic carbocycles. The lowest BCUT2D eigenvalue weighted by Gasteiger charge is -2.46. The van der Waals surface area contributed by atoms with E-state index in [2.05, 4.69) is 15.6 Å². The van der Waals surface area contributed by atoms with Crippen LogP contribution in [0.2, 0.25) is 0 Å². The number of piperidine rings is 1. The second kappa shape index (κ2) is 6.03. The van der Waals surface area contributed by atoms with Crippen molar-refractivity contribution in [2.75, 3.05) is 6.61 Å². The standard InChI is InChI=1S/C17H21F3N4OS/c1-9-8-25-16(15-11(9)4-14(26-15)17(18,19)20)5-10(2)21-12(6-16)13-7-24(3)23-22-13/h4,7,9-10,12,21H,5-6,8H2,1-3H3/t9?,10-,12-,16-/m0/s1. The average Bonchev–Trinajstić information content (AvgIpc) is 3.18. The van der Waals surface area contributed by atoms with Gasteiger partial charge in [-0.15, -0.1) is 16.4 Å². The zero-order chi connectivity index (χ0) is 18.7. The number of alkyl halides is 3. The lowest BCUT2D eigenvalue weighted by Crippen LogP contribution is -2.50. The van der Waals surface area contributed by atoms with Crippen molar-refractivity contribution in [3.05, 3.63) is 33.3 Å². The Kier molecular flexibility index (Phi) is 4.16. The second-order valence-corrected chi connectivity index (χ2v) is 8.50. The van der Waals surface area contributed by atoms with E-state index in [1.165, 1.54) is 6.07 Å². The van der Waals surface area contributed by atoms with Crippen LogP contribution in [0.3, 0.4) is 0 Å². The van der Waals surface area contributed by atoms with Gasteiger partial charge in [0.15, 0.2) is 0 Å². The molecule has 2 aromatic heterocycles. The number of aryl methyl sites for hydroxylation is 1. The predicted molar refractivity (Wildman–Crippen MR) is 90.9 cm³/mol. The summed E-state index contributed by atoms with van der Waals surface area (Å²) in [6, 6.07) is 1.30. The molecule has 1 saturated heterocycles. The topological polar surface area (TPSA) is 52.0 Å². The maximum atomic E-state index is 13.3. The number of halogens is 3. The first-order chi connectivity index (χ1) is 12.2. The zero-order valence-electron chi connectivity index (χ0n) is 14.8. The van der Waals surface area contributed by atoms with E-state index in [1.807, 2.05) is 20.0 Å². The van der Waals surface area contributed by atoms with Gasteiger partial charge < -0.3 is 10.1 Å². The highest BCUT2D eigenvalue weighted by Gasteiger charge is 2.49. The monoisotopic (exact) mass is 386 g/mol. The molecule has 0 amide bonds. The Morgan fingerprint density at radius 3 is 2.77 bits per heavy atom. The number of nitrogens with one attached hydrogen (secondary N) is 1. The Morgan fingerprint density at radius 1 is 1.35 bits per heavy atom. The van der Waals surface area contributed by atoms with Crippen LogP contribution < -0.4 is 5.32 Å². The summed E-state index contributed by atoms with van der Waals surface area (Å²) in [7, 11) is 1.80. The minimum absolute atomic E-state index is 0.0388. The fraction of sp³-hybridized carbons (Fsp3) is 0.647. The molecule has 1 spiro atoms. The quantitative estimate of drug-likeness (QED) is 0.811. The van der Waals surface area contributed by atoms with Crippen molar-refractivity contribution in [3.8, 4) is 0 Å². The van der Waals surface area contributed by atoms with Crippen LogP contribution in [0.25, 0.3) is 0 Å². The summed E-state index contributed by atoms with van der Waals surface area (Å²) in [6.45, 7) is 4.38. The molecule has 2 aromatic rings. The van der Waals surface area contributed by atoms with Gasteiger partial charge in [0, 0.05) is 36.5 Å². The molecular weight excluding hydrogens is 365 g/mol. The molecule has 2 aliphatic heterocycles. The van der Waals surface area contributed by atoms with Crippen LogP contribution in [-0.2, 0) is 23.6 Å². The number of aromatic nitrogens is 3. The molecule has 4 atom stereocenters. The number of rotatable bonds is 1. The van der Waals surface area contributed by atoms with Crippen LogP contribution in [-0.4, -0.2) is 27.6 Å². The Hall–Kier alpha value is -1.45. The zero-order valence-corrected chi connectivity index (χ0v) is 15.6. The van der Waals surface area contributed by atoms with Crippen LogP contribution in [0, 0.1) is 0 Å². The van der Waals surface area contributed by atoms with Gasteiger partial charge in [-0.25, -0.2) is 0 Å². The Morgan fingerprint density at radius 2 is 2.12 bits per heavy atom. The number of nitrogens with zero attached hydrogens (tertiary/aromatic N) is 3. The maximum absolute atomic E-state index is 13.3. The molecule has 142 valence electrons. The molecular formula is C17H21F3N4OS. The molecule has 4 rings (SSSR count). The molecule has 0 saturated carbocycles. The second-order valence-electron chi connectivity index (χ2n) is 7.44. The van der Waals surface area contributed by atoms with E-state index < -0.39 is 16.7 Å². The van der Waals surface area contributed by atoms with Crippen molar-refractivity contribution in [1.29, 1.82) is 0 Å². The number of thiophene rings is 1. The van der Waals surface area contributed by atoms with Gasteiger partial charge in [0.25, 0.3) is 0 Å². The number of ether oxygens (including phenoxy) is 1. The third kappa shape index (κ3) is 2.95. The van der Waals surface area contributed by atoms with E-state index in [4.69, 9.17) is 4.74 Å². The van der Waals surface area contributed by atoms with E-state index in [1.54, 1.807) is 11.7 Å². The smallest absolute Gasteiger partial charge is 0.369 e. The summed E-state index contributed by atoms with van der Waals surface area (Å²) in [4.78, 5) is 0.187. The highest BCUT2D eigenvalue weighted by Crippen LogP contribution is 2.53. The number of hydrogen-bond donors (Lipinski definition) is 1. The van der Waals surface area contributed by atoms with Gasteiger partial charge in [-0.3, -0.25) is 4.68 Å². The molecule has 4 heterocycles. The number of fused-ring (bicyclic) bond motifs is 2. The van der Waals surface area contributed by atoms with Crippen molar-refractivity contribution < 1.29 is 17.9 Å². The van der Waals surface area contributed by atoms with Crippen molar-refractivity contribution >= 4 is 11.3 Å². The maximum Gasteiger partial charge on any atom is 0.425 e. The first-order valence-corrected chi connectivity index (χ1v) is 9.47. The van der Waals surface area contributed by atoms with E-state index in [-0.39, 0.29) is 18.0 Å². The molecule has 2 aliphatic rings. The lowest BCUT2D eigenvalue weighted by molar-refractivity contribution is -0.134. The van der Waals surface area contributed by atoms with Crippen molar-refractivity contribution in [2.45, 2.75) is 56.5 Å². The highest BCUT2D eigenvalue weighted by molar-refractivity contribution is 7.12. The summed E-state index contributed by atoms with van der Waals surface area (Å²) in [5, 5.41) is 11.7. The van der Waals surface area contributed by atoms with Gasteiger partial charge in [-0.1, -0.05) is 12.1 Å². The summed E-state index contributed by atoms with van der Waals surface area (Å²) in [5.74, 6) is -0.0388. The fourth-order valence-corrected chi connectivity index (χ4v) is 5.40. The minimum Gasteiger partial charge on any atom is -0.369 e.